The second-order valence-corrected chi connectivity index (χ2v) is 8.70. The summed E-state index contributed by atoms with van der Waals surface area (Å²) < 4.78 is 0. The predicted octanol–water partition coefficient (Wildman–Crippen LogP) is 5.14. The number of pyridine rings is 2. The molecule has 3 heterocycles. The minimum atomic E-state index is -0.0790. The summed E-state index contributed by atoms with van der Waals surface area (Å²) in [7, 11) is 0. The summed E-state index contributed by atoms with van der Waals surface area (Å²) in [6, 6.07) is 9.96. The largest absolute Gasteiger partial charge is 0.393 e. The Kier molecular flexibility index (Phi) is 5.98. The highest BCUT2D eigenvalue weighted by molar-refractivity contribution is 7.15. The van der Waals surface area contributed by atoms with Crippen LogP contribution in [0, 0.1) is 12.8 Å². The number of nitrogens with one attached hydrogen (secondary N) is 1. The molecule has 1 aliphatic rings. The zero-order valence-electron chi connectivity index (χ0n) is 16.1. The average molecular weight is 395 g/mol. The van der Waals surface area contributed by atoms with Crippen molar-refractivity contribution in [2.24, 2.45) is 5.92 Å². The summed E-state index contributed by atoms with van der Waals surface area (Å²) in [5, 5.41) is 14.1. The van der Waals surface area contributed by atoms with Crippen molar-refractivity contribution >= 4 is 23.0 Å². The van der Waals surface area contributed by atoms with Gasteiger partial charge in [-0.3, -0.25) is 0 Å². The van der Waals surface area contributed by atoms with Crippen molar-refractivity contribution in [1.82, 2.24) is 15.0 Å². The molecule has 0 aromatic carbocycles. The van der Waals surface area contributed by atoms with Crippen LogP contribution in [0.15, 0.2) is 42.7 Å². The minimum Gasteiger partial charge on any atom is -0.393 e. The molecule has 0 atom stereocenters. The van der Waals surface area contributed by atoms with Gasteiger partial charge in [0, 0.05) is 12.4 Å². The first kappa shape index (κ1) is 19.0. The molecule has 6 heteroatoms. The van der Waals surface area contributed by atoms with E-state index in [0.717, 1.165) is 72.2 Å². The van der Waals surface area contributed by atoms with Crippen molar-refractivity contribution in [2.45, 2.75) is 51.6 Å². The lowest BCUT2D eigenvalue weighted by Crippen LogP contribution is -2.18. The highest BCUT2D eigenvalue weighted by Gasteiger charge is 2.19. The van der Waals surface area contributed by atoms with Crippen molar-refractivity contribution in [3.63, 3.8) is 0 Å². The van der Waals surface area contributed by atoms with E-state index in [4.69, 9.17) is 4.98 Å². The Morgan fingerprint density at radius 1 is 1.11 bits per heavy atom. The van der Waals surface area contributed by atoms with E-state index in [-0.39, 0.29) is 6.10 Å². The smallest absolute Gasteiger partial charge is 0.132 e. The Balaban J connectivity index is 1.39. The molecule has 0 unspecified atom stereocenters. The highest BCUT2D eigenvalue weighted by Crippen LogP contribution is 2.31. The molecule has 2 N–H and O–H groups in total. The van der Waals surface area contributed by atoms with Crippen LogP contribution in [0.2, 0.25) is 0 Å². The Bertz CT molecular complexity index is 918. The summed E-state index contributed by atoms with van der Waals surface area (Å²) in [4.78, 5) is 14.8. The van der Waals surface area contributed by atoms with Gasteiger partial charge in [-0.2, -0.15) is 0 Å². The molecule has 0 amide bonds. The summed E-state index contributed by atoms with van der Waals surface area (Å²) in [5.74, 6) is 2.31. The van der Waals surface area contributed by atoms with Crippen molar-refractivity contribution in [3.8, 4) is 10.6 Å². The monoisotopic (exact) mass is 394 g/mol. The molecule has 146 valence electrons. The summed E-state index contributed by atoms with van der Waals surface area (Å²) in [6.45, 7) is 2.05. The van der Waals surface area contributed by atoms with Crippen LogP contribution in [0.4, 0.5) is 11.6 Å². The van der Waals surface area contributed by atoms with Gasteiger partial charge in [-0.15, -0.1) is 11.3 Å². The number of rotatable bonds is 6. The number of thiazole rings is 1. The molecule has 3 aromatic rings. The SMILES string of the molecule is Cc1ccnc(Nc2cccc(-c3cnc(CCC4CCC(O)CC4)s3)n2)c1. The van der Waals surface area contributed by atoms with Gasteiger partial charge in [-0.05, 0) is 81.2 Å². The van der Waals surface area contributed by atoms with Gasteiger partial charge in [0.15, 0.2) is 0 Å². The first-order valence-electron chi connectivity index (χ1n) is 9.95. The van der Waals surface area contributed by atoms with Gasteiger partial charge >= 0.3 is 0 Å². The number of hydrogen-bond acceptors (Lipinski definition) is 6. The Morgan fingerprint density at radius 2 is 1.96 bits per heavy atom. The maximum absolute atomic E-state index is 9.64. The second-order valence-electron chi connectivity index (χ2n) is 7.58. The van der Waals surface area contributed by atoms with E-state index in [1.807, 2.05) is 43.5 Å². The molecule has 28 heavy (non-hydrogen) atoms. The lowest BCUT2D eigenvalue weighted by atomic mass is 9.85. The van der Waals surface area contributed by atoms with Gasteiger partial charge in [0.1, 0.15) is 11.6 Å². The van der Waals surface area contributed by atoms with E-state index in [1.165, 1.54) is 5.01 Å². The van der Waals surface area contributed by atoms with Crippen molar-refractivity contribution < 1.29 is 5.11 Å². The summed E-state index contributed by atoms with van der Waals surface area (Å²) in [6.07, 6.45) is 10.0. The number of hydrogen-bond donors (Lipinski definition) is 2. The van der Waals surface area contributed by atoms with Gasteiger partial charge in [0.05, 0.1) is 21.7 Å². The fourth-order valence-corrected chi connectivity index (χ4v) is 4.59. The maximum Gasteiger partial charge on any atom is 0.132 e. The molecule has 0 bridgehead atoms. The third-order valence-corrected chi connectivity index (χ3v) is 6.39. The molecule has 5 nitrogen and oxygen atoms in total. The van der Waals surface area contributed by atoms with Crippen LogP contribution in [-0.2, 0) is 6.42 Å². The van der Waals surface area contributed by atoms with Crippen LogP contribution < -0.4 is 5.32 Å². The summed E-state index contributed by atoms with van der Waals surface area (Å²) >= 11 is 1.73. The van der Waals surface area contributed by atoms with Gasteiger partial charge in [-0.25, -0.2) is 15.0 Å². The topological polar surface area (TPSA) is 70.9 Å². The molecule has 0 saturated heterocycles. The first-order chi connectivity index (χ1) is 13.7. The number of aliphatic hydroxyl groups is 1. The third-order valence-electron chi connectivity index (χ3n) is 5.31. The van der Waals surface area contributed by atoms with Crippen LogP contribution in [0.3, 0.4) is 0 Å². The van der Waals surface area contributed by atoms with E-state index in [1.54, 1.807) is 17.5 Å². The van der Waals surface area contributed by atoms with Gasteiger partial charge < -0.3 is 10.4 Å². The van der Waals surface area contributed by atoms with E-state index >= 15 is 0 Å². The lowest BCUT2D eigenvalue weighted by Gasteiger charge is -2.24. The van der Waals surface area contributed by atoms with Crippen LogP contribution in [0.25, 0.3) is 10.6 Å². The van der Waals surface area contributed by atoms with Crippen LogP contribution in [-0.4, -0.2) is 26.2 Å². The van der Waals surface area contributed by atoms with Gasteiger partial charge in [0.2, 0.25) is 0 Å². The molecule has 4 rings (SSSR count). The Hall–Kier alpha value is -2.31. The molecule has 3 aromatic heterocycles. The van der Waals surface area contributed by atoms with Crippen molar-refractivity contribution in [2.75, 3.05) is 5.32 Å². The van der Waals surface area contributed by atoms with Crippen molar-refractivity contribution in [3.05, 3.63) is 53.3 Å². The molecule has 0 radical (unpaired) electrons. The predicted molar refractivity (Wildman–Crippen MR) is 114 cm³/mol. The standard InChI is InChI=1S/C22H26N4OS/c1-15-11-12-23-21(13-15)26-20-4-2-3-18(25-20)19-14-24-22(28-19)10-7-16-5-8-17(27)9-6-16/h2-4,11-14,16-17,27H,5-10H2,1H3,(H,23,25,26). The zero-order chi connectivity index (χ0) is 19.3. The minimum absolute atomic E-state index is 0.0790. The number of aliphatic hydroxyl groups excluding tert-OH is 1. The molecule has 1 aliphatic carbocycles. The quantitative estimate of drug-likeness (QED) is 0.606. The molecule has 1 saturated carbocycles. The van der Waals surface area contributed by atoms with Crippen LogP contribution in [0.5, 0.6) is 0 Å². The highest BCUT2D eigenvalue weighted by atomic mass is 32.1. The molecule has 1 fully saturated rings. The van der Waals surface area contributed by atoms with Gasteiger partial charge in [0.25, 0.3) is 0 Å². The van der Waals surface area contributed by atoms with Crippen LogP contribution in [0.1, 0.15) is 42.7 Å². The van der Waals surface area contributed by atoms with Crippen molar-refractivity contribution in [1.29, 1.82) is 0 Å². The average Bonchev–Trinajstić information content (AvgIpc) is 3.17. The number of nitrogens with zero attached hydrogens (tertiary/aromatic N) is 3. The third kappa shape index (κ3) is 4.94. The molecule has 0 spiro atoms. The van der Waals surface area contributed by atoms with E-state index in [9.17, 15) is 5.11 Å². The molecular weight excluding hydrogens is 368 g/mol. The normalized spacial score (nSPS) is 19.5. The zero-order valence-corrected chi connectivity index (χ0v) is 17.0. The fraction of sp³-hybridized carbons (Fsp3) is 0.409. The first-order valence-corrected chi connectivity index (χ1v) is 10.8. The van der Waals surface area contributed by atoms with Gasteiger partial charge in [-0.1, -0.05) is 6.07 Å². The Morgan fingerprint density at radius 3 is 2.79 bits per heavy atom. The molecular formula is C22H26N4OS. The number of aryl methyl sites for hydroxylation is 2. The molecule has 0 aliphatic heterocycles. The Labute approximate surface area is 169 Å². The second kappa shape index (κ2) is 8.80. The fourth-order valence-electron chi connectivity index (χ4n) is 3.68. The summed E-state index contributed by atoms with van der Waals surface area (Å²) in [5.41, 5.74) is 2.09. The van der Waals surface area contributed by atoms with Crippen LogP contribution >= 0.6 is 11.3 Å². The van der Waals surface area contributed by atoms with E-state index in [2.05, 4.69) is 15.3 Å². The lowest BCUT2D eigenvalue weighted by molar-refractivity contribution is 0.106. The van der Waals surface area contributed by atoms with E-state index < -0.39 is 0 Å². The number of anilines is 2. The number of aromatic nitrogens is 3. The van der Waals surface area contributed by atoms with E-state index in [0.29, 0.717) is 0 Å². The maximum atomic E-state index is 9.64.